The third-order valence-corrected chi connectivity index (χ3v) is 4.44. The van der Waals surface area contributed by atoms with Gasteiger partial charge in [-0.2, -0.15) is 0 Å². The maximum Gasteiger partial charge on any atom is 0.251 e. The van der Waals surface area contributed by atoms with Gasteiger partial charge in [0.2, 0.25) is 5.91 Å². The molecular formula is C17H19ClN4O2. The SMILES string of the molecule is CC(=O)N1CCN(C(=O)C2C=C(c3cccc(Cl)c3)NC=N2)CC1. The number of hydrogen-bond acceptors (Lipinski definition) is 4. The summed E-state index contributed by atoms with van der Waals surface area (Å²) in [6, 6.07) is 6.89. The van der Waals surface area contributed by atoms with Gasteiger partial charge >= 0.3 is 0 Å². The van der Waals surface area contributed by atoms with E-state index in [1.54, 1.807) is 29.1 Å². The molecule has 2 heterocycles. The smallest absolute Gasteiger partial charge is 0.251 e. The molecule has 3 rings (SSSR count). The molecule has 6 nitrogen and oxygen atoms in total. The van der Waals surface area contributed by atoms with Gasteiger partial charge in [-0.25, -0.2) is 0 Å². The molecule has 126 valence electrons. The summed E-state index contributed by atoms with van der Waals surface area (Å²) in [5.74, 6) is 0.000560. The molecule has 0 saturated carbocycles. The highest BCUT2D eigenvalue weighted by molar-refractivity contribution is 6.30. The molecule has 0 aromatic heterocycles. The number of benzene rings is 1. The highest BCUT2D eigenvalue weighted by Crippen LogP contribution is 2.20. The number of halogens is 1. The second-order valence-electron chi connectivity index (χ2n) is 5.79. The van der Waals surface area contributed by atoms with E-state index in [1.807, 2.05) is 24.3 Å². The zero-order valence-corrected chi connectivity index (χ0v) is 14.2. The van der Waals surface area contributed by atoms with E-state index < -0.39 is 6.04 Å². The van der Waals surface area contributed by atoms with Crippen molar-refractivity contribution in [2.45, 2.75) is 13.0 Å². The monoisotopic (exact) mass is 346 g/mol. The van der Waals surface area contributed by atoms with Crippen molar-refractivity contribution in [3.8, 4) is 0 Å². The molecule has 1 N–H and O–H groups in total. The zero-order chi connectivity index (χ0) is 17.1. The predicted octanol–water partition coefficient (Wildman–Crippen LogP) is 1.37. The van der Waals surface area contributed by atoms with Crippen LogP contribution in [0.25, 0.3) is 5.70 Å². The topological polar surface area (TPSA) is 65.0 Å². The molecule has 2 amide bonds. The lowest BCUT2D eigenvalue weighted by atomic mass is 10.1. The maximum atomic E-state index is 12.7. The number of nitrogens with one attached hydrogen (secondary N) is 1. The summed E-state index contributed by atoms with van der Waals surface area (Å²) in [5, 5.41) is 3.70. The number of carbonyl (C=O) groups excluding carboxylic acids is 2. The Morgan fingerprint density at radius 2 is 1.92 bits per heavy atom. The molecule has 0 spiro atoms. The minimum atomic E-state index is -0.552. The highest BCUT2D eigenvalue weighted by atomic mass is 35.5. The molecular weight excluding hydrogens is 328 g/mol. The van der Waals surface area contributed by atoms with Crippen LogP contribution in [0.1, 0.15) is 12.5 Å². The first-order valence-corrected chi connectivity index (χ1v) is 8.22. The Kier molecular flexibility index (Phi) is 4.85. The third kappa shape index (κ3) is 3.59. The van der Waals surface area contributed by atoms with Crippen molar-refractivity contribution in [2.24, 2.45) is 4.99 Å². The Labute approximate surface area is 145 Å². The van der Waals surface area contributed by atoms with Gasteiger partial charge in [0.05, 0.1) is 6.34 Å². The first-order valence-electron chi connectivity index (χ1n) is 7.85. The molecule has 0 radical (unpaired) electrons. The van der Waals surface area contributed by atoms with Crippen LogP contribution in [0.3, 0.4) is 0 Å². The molecule has 1 unspecified atom stereocenters. The molecule has 1 aromatic rings. The molecule has 0 aliphatic carbocycles. The summed E-state index contributed by atoms with van der Waals surface area (Å²) in [7, 11) is 0. The van der Waals surface area contributed by atoms with Crippen LogP contribution in [0.2, 0.25) is 5.02 Å². The van der Waals surface area contributed by atoms with Crippen LogP contribution in [-0.4, -0.2) is 60.2 Å². The lowest BCUT2D eigenvalue weighted by molar-refractivity contribution is -0.138. The molecule has 2 aliphatic rings. The van der Waals surface area contributed by atoms with Crippen LogP contribution < -0.4 is 5.32 Å². The molecule has 2 aliphatic heterocycles. The standard InChI is InChI=1S/C17H19ClN4O2/c1-12(23)21-5-7-22(8-6-21)17(24)16-10-15(19-11-20-16)13-3-2-4-14(18)9-13/h2-4,9-11,16H,5-8H2,1H3,(H,19,20). The lowest BCUT2D eigenvalue weighted by Crippen LogP contribution is -2.52. The Morgan fingerprint density at radius 1 is 1.21 bits per heavy atom. The first-order chi connectivity index (χ1) is 11.5. The van der Waals surface area contributed by atoms with Crippen molar-refractivity contribution >= 4 is 35.5 Å². The van der Waals surface area contributed by atoms with Gasteiger partial charge in [-0.3, -0.25) is 14.6 Å². The van der Waals surface area contributed by atoms with Crippen LogP contribution in [0.4, 0.5) is 0 Å². The van der Waals surface area contributed by atoms with E-state index in [0.717, 1.165) is 11.3 Å². The molecule has 24 heavy (non-hydrogen) atoms. The average Bonchev–Trinajstić information content (AvgIpc) is 2.61. The number of nitrogens with zero attached hydrogens (tertiary/aromatic N) is 3. The number of carbonyl (C=O) groups is 2. The molecule has 1 fully saturated rings. The fourth-order valence-corrected chi connectivity index (χ4v) is 3.03. The molecule has 7 heteroatoms. The van der Waals surface area contributed by atoms with Crippen LogP contribution in [0.5, 0.6) is 0 Å². The molecule has 1 atom stereocenters. The van der Waals surface area contributed by atoms with Crippen molar-refractivity contribution in [3.05, 3.63) is 40.9 Å². The van der Waals surface area contributed by atoms with E-state index in [9.17, 15) is 9.59 Å². The largest absolute Gasteiger partial charge is 0.346 e. The minimum Gasteiger partial charge on any atom is -0.346 e. The summed E-state index contributed by atoms with van der Waals surface area (Å²) in [6.45, 7) is 3.77. The predicted molar refractivity (Wildman–Crippen MR) is 93.7 cm³/mol. The van der Waals surface area contributed by atoms with Crippen molar-refractivity contribution in [1.29, 1.82) is 0 Å². The quantitative estimate of drug-likeness (QED) is 0.879. The number of aliphatic imine (C=N–C) groups is 1. The average molecular weight is 347 g/mol. The van der Waals surface area contributed by atoms with Gasteiger partial charge in [0.25, 0.3) is 5.91 Å². The summed E-state index contributed by atoms with van der Waals surface area (Å²) >= 11 is 6.03. The highest BCUT2D eigenvalue weighted by Gasteiger charge is 2.28. The number of rotatable bonds is 2. The van der Waals surface area contributed by atoms with Gasteiger partial charge in [0.1, 0.15) is 0 Å². The molecule has 1 aromatic carbocycles. The van der Waals surface area contributed by atoms with Crippen molar-refractivity contribution < 1.29 is 9.59 Å². The van der Waals surface area contributed by atoms with E-state index >= 15 is 0 Å². The second kappa shape index (κ2) is 7.05. The van der Waals surface area contributed by atoms with Gasteiger partial charge in [-0.1, -0.05) is 23.7 Å². The second-order valence-corrected chi connectivity index (χ2v) is 6.23. The van der Waals surface area contributed by atoms with Gasteiger partial charge in [-0.05, 0) is 23.8 Å². The summed E-state index contributed by atoms with van der Waals surface area (Å²) in [4.78, 5) is 31.8. The van der Waals surface area contributed by atoms with Crippen molar-refractivity contribution in [2.75, 3.05) is 26.2 Å². The van der Waals surface area contributed by atoms with Crippen LogP contribution >= 0.6 is 11.6 Å². The number of amides is 2. The Balaban J connectivity index is 1.70. The van der Waals surface area contributed by atoms with Crippen LogP contribution in [-0.2, 0) is 9.59 Å². The van der Waals surface area contributed by atoms with Gasteiger partial charge in [0.15, 0.2) is 6.04 Å². The fraction of sp³-hybridized carbons (Fsp3) is 0.353. The van der Waals surface area contributed by atoms with Gasteiger partial charge in [-0.15, -0.1) is 0 Å². The summed E-state index contributed by atoms with van der Waals surface area (Å²) < 4.78 is 0. The normalized spacial score (nSPS) is 20.4. The fourth-order valence-electron chi connectivity index (χ4n) is 2.84. The van der Waals surface area contributed by atoms with Gasteiger partial charge < -0.3 is 15.1 Å². The maximum absolute atomic E-state index is 12.7. The Hall–Kier alpha value is -2.34. The van der Waals surface area contributed by atoms with E-state index in [-0.39, 0.29) is 11.8 Å². The van der Waals surface area contributed by atoms with E-state index in [1.165, 1.54) is 0 Å². The minimum absolute atomic E-state index is 0.0459. The zero-order valence-electron chi connectivity index (χ0n) is 13.4. The Bertz CT molecular complexity index is 708. The number of hydrogen-bond donors (Lipinski definition) is 1. The van der Waals surface area contributed by atoms with E-state index in [4.69, 9.17) is 11.6 Å². The third-order valence-electron chi connectivity index (χ3n) is 4.21. The Morgan fingerprint density at radius 3 is 2.58 bits per heavy atom. The summed E-state index contributed by atoms with van der Waals surface area (Å²) in [6.07, 6.45) is 3.36. The van der Waals surface area contributed by atoms with E-state index in [0.29, 0.717) is 31.2 Å². The van der Waals surface area contributed by atoms with Crippen LogP contribution in [0.15, 0.2) is 35.3 Å². The lowest BCUT2D eigenvalue weighted by Gasteiger charge is -2.35. The molecule has 0 bridgehead atoms. The van der Waals surface area contributed by atoms with Gasteiger partial charge in [0, 0.05) is 43.8 Å². The van der Waals surface area contributed by atoms with Crippen molar-refractivity contribution in [3.63, 3.8) is 0 Å². The summed E-state index contributed by atoms with van der Waals surface area (Å²) in [5.41, 5.74) is 1.72. The van der Waals surface area contributed by atoms with Crippen molar-refractivity contribution in [1.82, 2.24) is 15.1 Å². The molecule has 1 saturated heterocycles. The van der Waals surface area contributed by atoms with Crippen LogP contribution in [0, 0.1) is 0 Å². The number of piperazine rings is 1. The first kappa shape index (κ1) is 16.5. The van der Waals surface area contributed by atoms with E-state index in [2.05, 4.69) is 10.3 Å².